The van der Waals surface area contributed by atoms with Crippen molar-refractivity contribution in [1.29, 1.82) is 0 Å². The van der Waals surface area contributed by atoms with E-state index in [1.54, 1.807) is 6.92 Å². The minimum Gasteiger partial charge on any atom is -0.394 e. The molecule has 1 atom stereocenters. The summed E-state index contributed by atoms with van der Waals surface area (Å²) in [5, 5.41) is 8.97. The molecule has 1 aromatic heterocycles. The summed E-state index contributed by atoms with van der Waals surface area (Å²) in [5.41, 5.74) is 6.70. The zero-order valence-corrected chi connectivity index (χ0v) is 7.41. The molecule has 1 heterocycles. The van der Waals surface area contributed by atoms with Gasteiger partial charge in [0, 0.05) is 5.69 Å². The predicted molar refractivity (Wildman–Crippen MR) is 47.6 cm³/mol. The fourth-order valence-corrected chi connectivity index (χ4v) is 0.942. The molecule has 0 aromatic carbocycles. The van der Waals surface area contributed by atoms with Crippen LogP contribution in [-0.2, 0) is 5.54 Å². The van der Waals surface area contributed by atoms with Crippen LogP contribution >= 0.6 is 0 Å². The molecular weight excluding hydrogens is 152 g/mol. The summed E-state index contributed by atoms with van der Waals surface area (Å²) in [5.74, 6) is 0. The number of aliphatic hydroxyl groups excluding tert-OH is 1. The van der Waals surface area contributed by atoms with Gasteiger partial charge in [-0.15, -0.1) is 0 Å². The number of hydrogen-bond acceptors (Lipinski definition) is 3. The van der Waals surface area contributed by atoms with Gasteiger partial charge in [0.15, 0.2) is 0 Å². The lowest BCUT2D eigenvalue weighted by molar-refractivity contribution is 0.206. The van der Waals surface area contributed by atoms with E-state index in [4.69, 9.17) is 10.8 Å². The van der Waals surface area contributed by atoms with Gasteiger partial charge < -0.3 is 10.8 Å². The Morgan fingerprint density at radius 3 is 2.75 bits per heavy atom. The van der Waals surface area contributed by atoms with Gasteiger partial charge in [0.2, 0.25) is 0 Å². The lowest BCUT2D eigenvalue weighted by Gasteiger charge is -2.20. The minimum absolute atomic E-state index is 0.0938. The zero-order chi connectivity index (χ0) is 9.19. The largest absolute Gasteiger partial charge is 0.394 e. The van der Waals surface area contributed by atoms with Gasteiger partial charge in [-0.3, -0.25) is 4.98 Å². The fraction of sp³-hybridized carbons (Fsp3) is 0.444. The summed E-state index contributed by atoms with van der Waals surface area (Å²) in [7, 11) is 0. The van der Waals surface area contributed by atoms with Crippen LogP contribution in [0.15, 0.2) is 18.2 Å². The third-order valence-corrected chi connectivity index (χ3v) is 1.80. The normalized spacial score (nSPS) is 15.7. The van der Waals surface area contributed by atoms with E-state index in [1.807, 2.05) is 25.1 Å². The fourth-order valence-electron chi connectivity index (χ4n) is 0.942. The van der Waals surface area contributed by atoms with Crippen LogP contribution in [0.5, 0.6) is 0 Å². The molecule has 3 heteroatoms. The number of pyridine rings is 1. The van der Waals surface area contributed by atoms with E-state index in [-0.39, 0.29) is 6.61 Å². The van der Waals surface area contributed by atoms with Gasteiger partial charge in [-0.05, 0) is 26.0 Å². The maximum absolute atomic E-state index is 8.97. The van der Waals surface area contributed by atoms with Crippen LogP contribution in [0.4, 0.5) is 0 Å². The highest BCUT2D eigenvalue weighted by atomic mass is 16.3. The van der Waals surface area contributed by atoms with E-state index in [0.717, 1.165) is 11.4 Å². The van der Waals surface area contributed by atoms with E-state index in [0.29, 0.717) is 0 Å². The van der Waals surface area contributed by atoms with Crippen LogP contribution < -0.4 is 5.73 Å². The second-order valence-corrected chi connectivity index (χ2v) is 3.24. The maximum Gasteiger partial charge on any atom is 0.0789 e. The van der Waals surface area contributed by atoms with Gasteiger partial charge >= 0.3 is 0 Å². The van der Waals surface area contributed by atoms with Crippen molar-refractivity contribution in [2.45, 2.75) is 19.4 Å². The summed E-state index contributed by atoms with van der Waals surface area (Å²) in [4.78, 5) is 4.23. The number of hydrogen-bond donors (Lipinski definition) is 2. The average molecular weight is 166 g/mol. The van der Waals surface area contributed by atoms with Crippen molar-refractivity contribution in [3.63, 3.8) is 0 Å². The molecule has 0 aliphatic rings. The topological polar surface area (TPSA) is 59.1 Å². The molecule has 0 aliphatic heterocycles. The van der Waals surface area contributed by atoms with Crippen LogP contribution in [0.3, 0.4) is 0 Å². The Labute approximate surface area is 72.2 Å². The van der Waals surface area contributed by atoms with Crippen LogP contribution in [0, 0.1) is 6.92 Å². The first-order chi connectivity index (χ1) is 5.56. The van der Waals surface area contributed by atoms with Crippen molar-refractivity contribution in [1.82, 2.24) is 4.98 Å². The number of rotatable bonds is 2. The Bertz CT molecular complexity index is 271. The smallest absolute Gasteiger partial charge is 0.0789 e. The number of aliphatic hydroxyl groups is 1. The summed E-state index contributed by atoms with van der Waals surface area (Å²) >= 11 is 0. The molecule has 0 aliphatic carbocycles. The lowest BCUT2D eigenvalue weighted by atomic mass is 10.00. The van der Waals surface area contributed by atoms with Gasteiger partial charge in [-0.25, -0.2) is 0 Å². The number of nitrogens with zero attached hydrogens (tertiary/aromatic N) is 1. The van der Waals surface area contributed by atoms with Gasteiger partial charge in [0.25, 0.3) is 0 Å². The molecular formula is C9H14N2O. The van der Waals surface area contributed by atoms with Crippen LogP contribution in [0.2, 0.25) is 0 Å². The first-order valence-electron chi connectivity index (χ1n) is 3.90. The van der Waals surface area contributed by atoms with Gasteiger partial charge in [-0.1, -0.05) is 6.07 Å². The Morgan fingerprint density at radius 1 is 1.58 bits per heavy atom. The Morgan fingerprint density at radius 2 is 2.25 bits per heavy atom. The lowest BCUT2D eigenvalue weighted by Crippen LogP contribution is -2.37. The first kappa shape index (κ1) is 9.16. The molecule has 3 nitrogen and oxygen atoms in total. The Hall–Kier alpha value is -0.930. The molecule has 1 aromatic rings. The van der Waals surface area contributed by atoms with E-state index in [9.17, 15) is 0 Å². The molecule has 1 unspecified atom stereocenters. The second-order valence-electron chi connectivity index (χ2n) is 3.24. The summed E-state index contributed by atoms with van der Waals surface area (Å²) in [6.07, 6.45) is 0. The molecule has 1 rings (SSSR count). The molecule has 66 valence electrons. The summed E-state index contributed by atoms with van der Waals surface area (Å²) in [6.45, 7) is 3.56. The highest BCUT2D eigenvalue weighted by molar-refractivity contribution is 5.17. The highest BCUT2D eigenvalue weighted by Crippen LogP contribution is 2.13. The molecule has 3 N–H and O–H groups in total. The van der Waals surface area contributed by atoms with Crippen LogP contribution in [0.25, 0.3) is 0 Å². The van der Waals surface area contributed by atoms with Crippen LogP contribution in [0.1, 0.15) is 18.3 Å². The SMILES string of the molecule is Cc1cccc(C(C)(N)CO)n1. The molecule has 0 fully saturated rings. The maximum atomic E-state index is 8.97. The van der Waals surface area contributed by atoms with Gasteiger partial charge in [0.05, 0.1) is 17.8 Å². The predicted octanol–water partition coefficient (Wildman–Crippen LogP) is 0.556. The number of nitrogens with two attached hydrogens (primary N) is 1. The van der Waals surface area contributed by atoms with Crippen molar-refractivity contribution in [3.05, 3.63) is 29.6 Å². The second kappa shape index (κ2) is 3.21. The molecule has 12 heavy (non-hydrogen) atoms. The zero-order valence-electron chi connectivity index (χ0n) is 7.41. The monoisotopic (exact) mass is 166 g/mol. The van der Waals surface area contributed by atoms with E-state index < -0.39 is 5.54 Å². The molecule has 0 spiro atoms. The quantitative estimate of drug-likeness (QED) is 0.674. The van der Waals surface area contributed by atoms with Crippen molar-refractivity contribution >= 4 is 0 Å². The Balaban J connectivity index is 3.03. The molecule has 0 saturated carbocycles. The van der Waals surface area contributed by atoms with Crippen LogP contribution in [-0.4, -0.2) is 16.7 Å². The van der Waals surface area contributed by atoms with Crippen molar-refractivity contribution in [2.75, 3.05) is 6.61 Å². The van der Waals surface area contributed by atoms with E-state index in [2.05, 4.69) is 4.98 Å². The molecule has 0 bridgehead atoms. The Kier molecular flexibility index (Phi) is 2.45. The first-order valence-corrected chi connectivity index (χ1v) is 3.90. The third-order valence-electron chi connectivity index (χ3n) is 1.80. The summed E-state index contributed by atoms with van der Waals surface area (Å²) < 4.78 is 0. The highest BCUT2D eigenvalue weighted by Gasteiger charge is 2.20. The van der Waals surface area contributed by atoms with Crippen molar-refractivity contribution in [2.24, 2.45) is 5.73 Å². The third kappa shape index (κ3) is 1.81. The van der Waals surface area contributed by atoms with E-state index in [1.165, 1.54) is 0 Å². The van der Waals surface area contributed by atoms with Gasteiger partial charge in [-0.2, -0.15) is 0 Å². The number of aryl methyl sites for hydroxylation is 1. The summed E-state index contributed by atoms with van der Waals surface area (Å²) in [6, 6.07) is 5.61. The minimum atomic E-state index is -0.730. The van der Waals surface area contributed by atoms with E-state index >= 15 is 0 Å². The van der Waals surface area contributed by atoms with Gasteiger partial charge in [0.1, 0.15) is 0 Å². The van der Waals surface area contributed by atoms with Crippen molar-refractivity contribution in [3.8, 4) is 0 Å². The standard InChI is InChI=1S/C9H14N2O/c1-7-4-3-5-8(11-7)9(2,10)6-12/h3-5,12H,6,10H2,1-2H3. The molecule has 0 radical (unpaired) electrons. The van der Waals surface area contributed by atoms with Crippen molar-refractivity contribution < 1.29 is 5.11 Å². The molecule has 0 amide bonds. The average Bonchev–Trinajstić information content (AvgIpc) is 2.05. The number of aromatic nitrogens is 1. The molecule has 0 saturated heterocycles.